The number of nitrogens with one attached hydrogen (secondary N) is 2. The lowest BCUT2D eigenvalue weighted by Crippen LogP contribution is -2.71. The Labute approximate surface area is 246 Å². The molecule has 3 N–H and O–H groups in total. The van der Waals surface area contributed by atoms with Crippen LogP contribution < -0.4 is 5.32 Å². The average molecular weight is 578 g/mol. The van der Waals surface area contributed by atoms with Crippen molar-refractivity contribution in [1.82, 2.24) is 25.0 Å². The van der Waals surface area contributed by atoms with Gasteiger partial charge in [-0.1, -0.05) is 39.8 Å². The third-order valence-electron chi connectivity index (χ3n) is 10.7. The molecule has 5 aliphatic rings. The summed E-state index contributed by atoms with van der Waals surface area (Å²) >= 11 is 0. The average Bonchev–Trinajstić information content (AvgIpc) is 3.65. The number of benzene rings is 1. The topological polar surface area (TPSA) is 118 Å². The molecule has 0 saturated carbocycles. The Bertz CT molecular complexity index is 1450. The van der Waals surface area contributed by atoms with Crippen LogP contribution in [0, 0.1) is 17.8 Å². The largest absolute Gasteiger partial charge is 0.361 e. The van der Waals surface area contributed by atoms with E-state index in [0.717, 1.165) is 18.4 Å². The summed E-state index contributed by atoms with van der Waals surface area (Å²) < 4.78 is 6.45. The van der Waals surface area contributed by atoms with Gasteiger partial charge in [0.05, 0.1) is 5.92 Å². The number of hydrogen-bond acceptors (Lipinski definition) is 6. The van der Waals surface area contributed by atoms with Crippen molar-refractivity contribution in [3.63, 3.8) is 0 Å². The van der Waals surface area contributed by atoms with Gasteiger partial charge in [-0.3, -0.25) is 24.0 Å². The van der Waals surface area contributed by atoms with Crippen LogP contribution in [0.2, 0.25) is 0 Å². The third-order valence-corrected chi connectivity index (χ3v) is 10.7. The molecule has 1 aromatic carbocycles. The van der Waals surface area contributed by atoms with E-state index in [2.05, 4.69) is 46.6 Å². The maximum Gasteiger partial charge on any atom is 0.281 e. The van der Waals surface area contributed by atoms with Crippen molar-refractivity contribution in [3.05, 3.63) is 35.5 Å². The van der Waals surface area contributed by atoms with Crippen molar-refractivity contribution in [2.45, 2.75) is 95.5 Å². The summed E-state index contributed by atoms with van der Waals surface area (Å²) in [6, 6.07) is 5.13. The van der Waals surface area contributed by atoms with Crippen LogP contribution in [0.25, 0.3) is 10.9 Å². The summed E-state index contributed by atoms with van der Waals surface area (Å²) in [5.41, 5.74) is 1.93. The number of H-pyrrole nitrogens is 1. The van der Waals surface area contributed by atoms with Gasteiger partial charge in [0.2, 0.25) is 17.5 Å². The minimum Gasteiger partial charge on any atom is -0.361 e. The number of piperazine rings is 1. The number of ether oxygens (including phenoxy) is 1. The zero-order valence-corrected chi connectivity index (χ0v) is 25.2. The Kier molecular flexibility index (Phi) is 6.32. The summed E-state index contributed by atoms with van der Waals surface area (Å²) in [5.74, 6) is -3.48. The second-order valence-corrected chi connectivity index (χ2v) is 14.0. The molecule has 0 bridgehead atoms. The summed E-state index contributed by atoms with van der Waals surface area (Å²) in [5, 5.41) is 16.4. The lowest BCUT2D eigenvalue weighted by Gasteiger charge is -2.49. The summed E-state index contributed by atoms with van der Waals surface area (Å²) in [6.07, 6.45) is 5.36. The van der Waals surface area contributed by atoms with Gasteiger partial charge in [-0.05, 0) is 62.3 Å². The Morgan fingerprint density at radius 1 is 1.24 bits per heavy atom. The Morgan fingerprint density at radius 3 is 2.76 bits per heavy atom. The van der Waals surface area contributed by atoms with Gasteiger partial charge in [0.15, 0.2) is 0 Å². The number of rotatable bonds is 5. The molecule has 4 saturated heterocycles. The van der Waals surface area contributed by atoms with Crippen molar-refractivity contribution >= 4 is 28.6 Å². The molecule has 226 valence electrons. The third kappa shape index (κ3) is 3.77. The number of likely N-dealkylation sites (tertiary alicyclic amines) is 1. The number of aromatic nitrogens is 1. The number of fused-ring (bicyclic) bond motifs is 5. The van der Waals surface area contributed by atoms with Gasteiger partial charge in [-0.15, -0.1) is 0 Å². The van der Waals surface area contributed by atoms with Crippen LogP contribution in [-0.2, 0) is 25.5 Å². The van der Waals surface area contributed by atoms with E-state index < -0.39 is 35.5 Å². The highest BCUT2D eigenvalue weighted by Gasteiger charge is 2.72. The van der Waals surface area contributed by atoms with E-state index in [4.69, 9.17) is 4.74 Å². The van der Waals surface area contributed by atoms with E-state index >= 15 is 0 Å². The lowest BCUT2D eigenvalue weighted by molar-refractivity contribution is -0.322. The number of carbonyl (C=O) groups excluding carboxylic acids is 3. The van der Waals surface area contributed by atoms with E-state index in [1.54, 1.807) is 4.90 Å². The minimum absolute atomic E-state index is 0.116. The zero-order chi connectivity index (χ0) is 29.7. The maximum absolute atomic E-state index is 14.4. The predicted octanol–water partition coefficient (Wildman–Crippen LogP) is 2.52. The van der Waals surface area contributed by atoms with E-state index in [1.807, 2.05) is 27.7 Å². The van der Waals surface area contributed by atoms with Gasteiger partial charge in [0.1, 0.15) is 12.1 Å². The van der Waals surface area contributed by atoms with Gasteiger partial charge in [0, 0.05) is 48.1 Å². The van der Waals surface area contributed by atoms with Crippen molar-refractivity contribution < 1.29 is 24.2 Å². The lowest BCUT2D eigenvalue weighted by atomic mass is 9.72. The van der Waals surface area contributed by atoms with Crippen LogP contribution in [0.4, 0.5) is 0 Å². The highest BCUT2D eigenvalue weighted by Crippen LogP contribution is 2.49. The number of piperidine rings is 1. The molecule has 10 nitrogen and oxygen atoms in total. The van der Waals surface area contributed by atoms with Crippen molar-refractivity contribution in [1.29, 1.82) is 0 Å². The van der Waals surface area contributed by atoms with E-state index in [9.17, 15) is 19.5 Å². The Morgan fingerprint density at radius 2 is 2.02 bits per heavy atom. The fraction of sp³-hybridized carbons (Fsp3) is 0.656. The Hall–Kier alpha value is -2.95. The minimum atomic E-state index is -1.99. The second-order valence-electron chi connectivity index (χ2n) is 14.0. The molecule has 1 aliphatic carbocycles. The molecule has 0 radical (unpaired) electrons. The first-order valence-electron chi connectivity index (χ1n) is 15.6. The summed E-state index contributed by atoms with van der Waals surface area (Å²) in [7, 11) is 2.07. The molecule has 0 spiro atoms. The number of carbonyl (C=O) groups is 3. The van der Waals surface area contributed by atoms with Gasteiger partial charge < -0.3 is 25.2 Å². The standard InChI is InChI=1S/C32H43N5O5/c1-17(2)12-25-29(39)36-11-7-10-26(36)32(41)37(25)30(40)31(42-32,18(3)4)34-28(38)20-13-22-21-8-6-9-23-27(21)19(15-33-23)14-24(22)35(5)16-20/h6,8-9,15,17-18,20,22,24-26,33,41H,7,10-14,16H2,1-5H3,(H,34,38)/t20-,22-,24+,25+,26+,31-,32+/m1/s1. The molecule has 7 atom stereocenters. The van der Waals surface area contributed by atoms with E-state index in [-0.39, 0.29) is 35.6 Å². The van der Waals surface area contributed by atoms with Gasteiger partial charge in [-0.25, -0.2) is 0 Å². The first kappa shape index (κ1) is 27.9. The molecule has 4 aliphatic heterocycles. The smallest absolute Gasteiger partial charge is 0.281 e. The van der Waals surface area contributed by atoms with Crippen LogP contribution in [0.5, 0.6) is 0 Å². The Balaban J connectivity index is 1.20. The number of likely N-dealkylation sites (N-methyl/N-ethyl adjacent to an activating group) is 1. The van der Waals surface area contributed by atoms with E-state index in [0.29, 0.717) is 32.4 Å². The fourth-order valence-corrected chi connectivity index (χ4v) is 8.63. The number of nitrogens with zero attached hydrogens (tertiary/aromatic N) is 3. The second kappa shape index (κ2) is 9.53. The predicted molar refractivity (Wildman–Crippen MR) is 156 cm³/mol. The summed E-state index contributed by atoms with van der Waals surface area (Å²) in [6.45, 7) is 8.73. The molecular weight excluding hydrogens is 534 g/mol. The van der Waals surface area contributed by atoms with Crippen LogP contribution in [0.3, 0.4) is 0 Å². The fourth-order valence-electron chi connectivity index (χ4n) is 8.63. The van der Waals surface area contributed by atoms with Gasteiger partial charge >= 0.3 is 0 Å². The number of aromatic amines is 1. The van der Waals surface area contributed by atoms with Crippen molar-refractivity contribution in [2.75, 3.05) is 20.1 Å². The van der Waals surface area contributed by atoms with Gasteiger partial charge in [-0.2, -0.15) is 0 Å². The molecular formula is C32H43N5O5. The van der Waals surface area contributed by atoms with Crippen LogP contribution in [0.1, 0.15) is 70.4 Å². The van der Waals surface area contributed by atoms with Crippen LogP contribution >= 0.6 is 0 Å². The van der Waals surface area contributed by atoms with E-state index in [1.165, 1.54) is 21.4 Å². The monoisotopic (exact) mass is 577 g/mol. The molecule has 10 heteroatoms. The molecule has 5 heterocycles. The number of hydrogen-bond donors (Lipinski definition) is 3. The zero-order valence-electron chi connectivity index (χ0n) is 25.2. The SMILES string of the molecule is CC(C)C[C@H]1C(=O)N2CCC[C@H]2[C@]2(O)O[C@](NC(=O)[C@@H]3C[C@@H]4c5cccc6[nH]cc(c56)C[C@@H]4N(C)C3)(C(C)C)C(=O)N12. The molecule has 7 rings (SSSR count). The molecule has 0 unspecified atom stereocenters. The van der Waals surface area contributed by atoms with Crippen molar-refractivity contribution in [2.24, 2.45) is 17.8 Å². The highest BCUT2D eigenvalue weighted by molar-refractivity contribution is 5.97. The highest BCUT2D eigenvalue weighted by atomic mass is 16.7. The van der Waals surface area contributed by atoms with Crippen LogP contribution in [-0.4, -0.2) is 92.4 Å². The molecule has 4 fully saturated rings. The first-order valence-corrected chi connectivity index (χ1v) is 15.6. The molecule has 42 heavy (non-hydrogen) atoms. The normalized spacial score (nSPS) is 36.1. The first-order chi connectivity index (χ1) is 20.0. The summed E-state index contributed by atoms with van der Waals surface area (Å²) in [4.78, 5) is 50.8. The van der Waals surface area contributed by atoms with Gasteiger partial charge in [0.25, 0.3) is 11.8 Å². The molecule has 3 amide bonds. The quantitative estimate of drug-likeness (QED) is 0.503. The molecule has 1 aromatic heterocycles. The number of aliphatic hydroxyl groups is 1. The maximum atomic E-state index is 14.4. The van der Waals surface area contributed by atoms with Crippen molar-refractivity contribution in [3.8, 4) is 0 Å². The van der Waals surface area contributed by atoms with Crippen LogP contribution in [0.15, 0.2) is 24.4 Å². The number of amides is 3. The molecule has 2 aromatic rings.